The zero-order valence-electron chi connectivity index (χ0n) is 10.8. The lowest BCUT2D eigenvalue weighted by atomic mass is 9.83. The van der Waals surface area contributed by atoms with Crippen molar-refractivity contribution in [2.75, 3.05) is 11.9 Å². The molecule has 110 valence electrons. The molecule has 0 bridgehead atoms. The second-order valence-electron chi connectivity index (χ2n) is 4.60. The first kappa shape index (κ1) is 15.0. The molecule has 1 aromatic rings. The quantitative estimate of drug-likeness (QED) is 0.643. The summed E-state index contributed by atoms with van der Waals surface area (Å²) in [5.41, 5.74) is 5.62. The van der Waals surface area contributed by atoms with Crippen molar-refractivity contribution in [2.24, 2.45) is 5.73 Å². The summed E-state index contributed by atoms with van der Waals surface area (Å²) < 4.78 is 18.9. The van der Waals surface area contributed by atoms with Crippen LogP contribution in [0.2, 0.25) is 5.02 Å². The van der Waals surface area contributed by atoms with Crippen LogP contribution in [0.5, 0.6) is 0 Å². The maximum Gasteiger partial charge on any atom is 0.294 e. The van der Waals surface area contributed by atoms with Gasteiger partial charge in [-0.2, -0.15) is 0 Å². The van der Waals surface area contributed by atoms with E-state index in [4.69, 9.17) is 22.1 Å². The minimum absolute atomic E-state index is 0.0572. The number of hydrogen-bond donors (Lipinski definition) is 2. The molecule has 1 aliphatic rings. The lowest BCUT2D eigenvalue weighted by Gasteiger charge is -2.42. The van der Waals surface area contributed by atoms with Crippen LogP contribution in [-0.2, 0) is 4.74 Å². The third kappa shape index (κ3) is 2.84. The third-order valence-electron chi connectivity index (χ3n) is 3.30. The summed E-state index contributed by atoms with van der Waals surface area (Å²) in [6.07, 6.45) is 0.531. The number of nitrogens with one attached hydrogen (secondary N) is 1. The summed E-state index contributed by atoms with van der Waals surface area (Å²) >= 11 is 5.56. The first-order valence-corrected chi connectivity index (χ1v) is 6.59. The number of halogens is 2. The van der Waals surface area contributed by atoms with Crippen molar-refractivity contribution in [1.29, 1.82) is 0 Å². The molecule has 0 heterocycles. The van der Waals surface area contributed by atoms with Crippen LogP contribution in [0.25, 0.3) is 0 Å². The predicted octanol–water partition coefficient (Wildman–Crippen LogP) is 2.30. The normalized spacial score (nSPS) is 25.1. The van der Waals surface area contributed by atoms with Gasteiger partial charge in [0.1, 0.15) is 11.5 Å². The van der Waals surface area contributed by atoms with E-state index in [-0.39, 0.29) is 34.6 Å². The van der Waals surface area contributed by atoms with Crippen molar-refractivity contribution in [3.05, 3.63) is 33.1 Å². The number of hydrogen-bond acceptors (Lipinski definition) is 5. The summed E-state index contributed by atoms with van der Waals surface area (Å²) in [5, 5.41) is 13.6. The van der Waals surface area contributed by atoms with Crippen LogP contribution in [0.15, 0.2) is 12.1 Å². The van der Waals surface area contributed by atoms with Crippen molar-refractivity contribution in [2.45, 2.75) is 31.5 Å². The maximum absolute atomic E-state index is 13.5. The van der Waals surface area contributed by atoms with E-state index in [1.165, 1.54) is 0 Å². The summed E-state index contributed by atoms with van der Waals surface area (Å²) in [7, 11) is 0. The van der Waals surface area contributed by atoms with Crippen LogP contribution >= 0.6 is 11.6 Å². The Morgan fingerprint density at radius 2 is 2.35 bits per heavy atom. The molecule has 1 aromatic carbocycles. The molecule has 6 nitrogen and oxygen atoms in total. The van der Waals surface area contributed by atoms with Crippen LogP contribution in [0.3, 0.4) is 0 Å². The molecule has 3 N–H and O–H groups in total. The Morgan fingerprint density at radius 3 is 2.90 bits per heavy atom. The van der Waals surface area contributed by atoms with Gasteiger partial charge in [0.25, 0.3) is 5.69 Å². The molecule has 3 atom stereocenters. The predicted molar refractivity (Wildman–Crippen MR) is 73.5 cm³/mol. The minimum atomic E-state index is -0.722. The molecule has 0 aromatic heterocycles. The van der Waals surface area contributed by atoms with Gasteiger partial charge in [0.2, 0.25) is 0 Å². The van der Waals surface area contributed by atoms with Gasteiger partial charge in [0.05, 0.1) is 22.1 Å². The molecule has 2 rings (SSSR count). The third-order valence-corrected chi connectivity index (χ3v) is 3.59. The average Bonchev–Trinajstić information content (AvgIpc) is 2.39. The molecule has 0 spiro atoms. The number of nitro benzene ring substituents is 1. The zero-order valence-corrected chi connectivity index (χ0v) is 11.6. The van der Waals surface area contributed by atoms with Gasteiger partial charge in [0, 0.05) is 24.8 Å². The number of rotatable bonds is 5. The summed E-state index contributed by atoms with van der Waals surface area (Å²) in [5.74, 6) is -0.722. The summed E-state index contributed by atoms with van der Waals surface area (Å²) in [6.45, 7) is 2.37. The first-order chi connectivity index (χ1) is 9.43. The monoisotopic (exact) mass is 303 g/mol. The standard InChI is InChI=1S/C12H15ClFN3O3/c1-2-20-11-5-8(15)12(11)16-9-4-7(14)6(13)3-10(9)17(18)19/h3-4,8,11-12,16H,2,5,15H2,1H3. The van der Waals surface area contributed by atoms with E-state index < -0.39 is 10.7 Å². The maximum atomic E-state index is 13.5. The van der Waals surface area contributed by atoms with Gasteiger partial charge in [0.15, 0.2) is 0 Å². The lowest BCUT2D eigenvalue weighted by molar-refractivity contribution is -0.384. The van der Waals surface area contributed by atoms with E-state index in [0.29, 0.717) is 13.0 Å². The van der Waals surface area contributed by atoms with E-state index >= 15 is 0 Å². The van der Waals surface area contributed by atoms with Gasteiger partial charge in [-0.15, -0.1) is 0 Å². The number of nitro groups is 1. The Hall–Kier alpha value is -1.44. The Labute approximate surface area is 120 Å². The Kier molecular flexibility index (Phi) is 4.42. The Morgan fingerprint density at radius 1 is 1.65 bits per heavy atom. The fourth-order valence-electron chi connectivity index (χ4n) is 2.21. The average molecular weight is 304 g/mol. The minimum Gasteiger partial charge on any atom is -0.376 e. The second kappa shape index (κ2) is 5.90. The fraction of sp³-hybridized carbons (Fsp3) is 0.500. The topological polar surface area (TPSA) is 90.4 Å². The van der Waals surface area contributed by atoms with Crippen LogP contribution in [0.1, 0.15) is 13.3 Å². The number of anilines is 1. The summed E-state index contributed by atoms with van der Waals surface area (Å²) in [6, 6.07) is 1.52. The molecule has 0 amide bonds. The highest BCUT2D eigenvalue weighted by Crippen LogP contribution is 2.34. The van der Waals surface area contributed by atoms with Gasteiger partial charge in [-0.1, -0.05) is 11.6 Å². The summed E-state index contributed by atoms with van der Waals surface area (Å²) in [4.78, 5) is 10.4. The number of nitrogens with two attached hydrogens (primary N) is 1. The Bertz CT molecular complexity index is 527. The molecular formula is C12H15ClFN3O3. The molecule has 0 saturated heterocycles. The second-order valence-corrected chi connectivity index (χ2v) is 5.01. The van der Waals surface area contributed by atoms with E-state index in [0.717, 1.165) is 12.1 Å². The lowest BCUT2D eigenvalue weighted by Crippen LogP contribution is -2.60. The van der Waals surface area contributed by atoms with E-state index in [9.17, 15) is 14.5 Å². The molecule has 1 fully saturated rings. The number of benzene rings is 1. The molecule has 0 aliphatic heterocycles. The van der Waals surface area contributed by atoms with Crippen molar-refractivity contribution < 1.29 is 14.1 Å². The van der Waals surface area contributed by atoms with Gasteiger partial charge < -0.3 is 15.8 Å². The molecule has 1 saturated carbocycles. The molecule has 0 radical (unpaired) electrons. The first-order valence-electron chi connectivity index (χ1n) is 6.21. The van der Waals surface area contributed by atoms with Gasteiger partial charge in [-0.05, 0) is 13.3 Å². The van der Waals surface area contributed by atoms with Crippen molar-refractivity contribution >= 4 is 23.0 Å². The van der Waals surface area contributed by atoms with Crippen LogP contribution in [-0.4, -0.2) is 29.7 Å². The highest BCUT2D eigenvalue weighted by molar-refractivity contribution is 6.31. The van der Waals surface area contributed by atoms with Crippen LogP contribution in [0.4, 0.5) is 15.8 Å². The highest BCUT2D eigenvalue weighted by Gasteiger charge is 2.40. The van der Waals surface area contributed by atoms with Crippen molar-refractivity contribution in [1.82, 2.24) is 0 Å². The van der Waals surface area contributed by atoms with Gasteiger partial charge in [-0.25, -0.2) is 4.39 Å². The van der Waals surface area contributed by atoms with E-state index in [1.807, 2.05) is 6.92 Å². The van der Waals surface area contributed by atoms with Gasteiger partial charge >= 0.3 is 0 Å². The zero-order chi connectivity index (χ0) is 14.9. The van der Waals surface area contributed by atoms with Crippen LogP contribution < -0.4 is 11.1 Å². The highest BCUT2D eigenvalue weighted by atomic mass is 35.5. The molecular weight excluding hydrogens is 289 g/mol. The number of ether oxygens (including phenoxy) is 1. The SMILES string of the molecule is CCOC1CC(N)C1Nc1cc(F)c(Cl)cc1[N+](=O)[O-]. The van der Waals surface area contributed by atoms with E-state index in [2.05, 4.69) is 5.32 Å². The molecule has 8 heteroatoms. The van der Waals surface area contributed by atoms with Gasteiger partial charge in [-0.3, -0.25) is 10.1 Å². The molecule has 1 aliphatic carbocycles. The van der Waals surface area contributed by atoms with E-state index in [1.54, 1.807) is 0 Å². The molecule has 3 unspecified atom stereocenters. The molecule has 20 heavy (non-hydrogen) atoms. The smallest absolute Gasteiger partial charge is 0.294 e. The largest absolute Gasteiger partial charge is 0.376 e. The fourth-order valence-corrected chi connectivity index (χ4v) is 2.37. The van der Waals surface area contributed by atoms with Crippen molar-refractivity contribution in [3.63, 3.8) is 0 Å². The van der Waals surface area contributed by atoms with Crippen molar-refractivity contribution in [3.8, 4) is 0 Å². The number of nitrogens with zero attached hydrogens (tertiary/aromatic N) is 1. The van der Waals surface area contributed by atoms with Crippen LogP contribution in [0, 0.1) is 15.9 Å². The Balaban J connectivity index is 2.24.